The Bertz CT molecular complexity index is 1020. The van der Waals surface area contributed by atoms with E-state index < -0.39 is 0 Å². The molecule has 0 aliphatic carbocycles. The molecule has 0 spiro atoms. The second kappa shape index (κ2) is 9.33. The molecule has 1 aromatic carbocycles. The van der Waals surface area contributed by atoms with Crippen LogP contribution in [-0.2, 0) is 17.9 Å². The summed E-state index contributed by atoms with van der Waals surface area (Å²) in [5.74, 6) is 0.185. The van der Waals surface area contributed by atoms with Crippen LogP contribution in [0.3, 0.4) is 0 Å². The van der Waals surface area contributed by atoms with Gasteiger partial charge in [0.1, 0.15) is 0 Å². The van der Waals surface area contributed by atoms with E-state index in [4.69, 9.17) is 0 Å². The summed E-state index contributed by atoms with van der Waals surface area (Å²) in [6, 6.07) is 11.6. The number of nitrogens with zero attached hydrogens (tertiary/aromatic N) is 4. The van der Waals surface area contributed by atoms with Crippen molar-refractivity contribution in [3.05, 3.63) is 63.3 Å². The van der Waals surface area contributed by atoms with Crippen molar-refractivity contribution >= 4 is 28.1 Å². The third-order valence-electron chi connectivity index (χ3n) is 5.42. The van der Waals surface area contributed by atoms with Crippen LogP contribution in [0.25, 0.3) is 10.9 Å². The minimum absolute atomic E-state index is 0.0398. The lowest BCUT2D eigenvalue weighted by molar-refractivity contribution is -0.131. The van der Waals surface area contributed by atoms with Crippen LogP contribution >= 0.6 is 11.3 Å². The van der Waals surface area contributed by atoms with Gasteiger partial charge in [-0.2, -0.15) is 0 Å². The van der Waals surface area contributed by atoms with Gasteiger partial charge in [-0.25, -0.2) is 4.98 Å². The molecule has 0 atom stereocenters. The molecule has 3 aromatic rings. The fourth-order valence-electron chi connectivity index (χ4n) is 3.83. The van der Waals surface area contributed by atoms with Crippen LogP contribution in [-0.4, -0.2) is 51.4 Å². The van der Waals surface area contributed by atoms with Crippen LogP contribution < -0.4 is 5.56 Å². The summed E-state index contributed by atoms with van der Waals surface area (Å²) in [5, 5.41) is 2.74. The Hall–Kier alpha value is -2.51. The first kappa shape index (κ1) is 19.8. The van der Waals surface area contributed by atoms with Crippen molar-refractivity contribution in [2.24, 2.45) is 0 Å². The number of hydrogen-bond acceptors (Lipinski definition) is 5. The van der Waals surface area contributed by atoms with Crippen molar-refractivity contribution in [2.75, 3.05) is 26.2 Å². The first-order valence-electron chi connectivity index (χ1n) is 10.2. The molecule has 0 bridgehead atoms. The molecular formula is C22H26N4O2S. The monoisotopic (exact) mass is 410 g/mol. The van der Waals surface area contributed by atoms with Crippen LogP contribution in [0.2, 0.25) is 0 Å². The number of hydrogen-bond donors (Lipinski definition) is 0. The van der Waals surface area contributed by atoms with E-state index >= 15 is 0 Å². The summed E-state index contributed by atoms with van der Waals surface area (Å²) in [6.07, 6.45) is 3.70. The maximum atomic E-state index is 12.7. The van der Waals surface area contributed by atoms with E-state index in [0.717, 1.165) is 39.1 Å². The number of para-hydroxylation sites is 1. The van der Waals surface area contributed by atoms with Crippen LogP contribution in [0.5, 0.6) is 0 Å². The summed E-state index contributed by atoms with van der Waals surface area (Å²) >= 11 is 1.79. The molecule has 4 rings (SSSR count). The van der Waals surface area contributed by atoms with E-state index in [2.05, 4.69) is 27.4 Å². The summed E-state index contributed by atoms with van der Waals surface area (Å²) in [5.41, 5.74) is 0.670. The van der Waals surface area contributed by atoms with Crippen molar-refractivity contribution in [3.8, 4) is 0 Å². The topological polar surface area (TPSA) is 58.4 Å². The highest BCUT2D eigenvalue weighted by molar-refractivity contribution is 7.09. The maximum absolute atomic E-state index is 12.7. The standard InChI is InChI=1S/C22H26N4O2S/c27-21(25-12-5-10-24(13-14-25)16-18-6-4-15-29-18)9-3-11-26-17-23-20-8-2-1-7-19(20)22(26)28/h1-2,4,6-8,15,17H,3,5,9-14,16H2. The molecule has 3 heterocycles. The molecule has 1 amide bonds. The lowest BCUT2D eigenvalue weighted by Crippen LogP contribution is -2.35. The summed E-state index contributed by atoms with van der Waals surface area (Å²) in [4.78, 5) is 35.3. The second-order valence-electron chi connectivity index (χ2n) is 7.45. The van der Waals surface area contributed by atoms with Gasteiger partial charge < -0.3 is 4.90 Å². The molecule has 2 aromatic heterocycles. The smallest absolute Gasteiger partial charge is 0.261 e. The Morgan fingerprint density at radius 1 is 1.07 bits per heavy atom. The molecule has 0 unspecified atom stereocenters. The molecule has 1 saturated heterocycles. The molecule has 0 radical (unpaired) electrons. The van der Waals surface area contributed by atoms with E-state index in [0.29, 0.717) is 30.3 Å². The van der Waals surface area contributed by atoms with Crippen molar-refractivity contribution in [3.63, 3.8) is 0 Å². The largest absolute Gasteiger partial charge is 0.341 e. The van der Waals surface area contributed by atoms with Gasteiger partial charge in [0.2, 0.25) is 5.91 Å². The van der Waals surface area contributed by atoms with Crippen molar-refractivity contribution < 1.29 is 4.79 Å². The fraction of sp³-hybridized carbons (Fsp3) is 0.409. The SMILES string of the molecule is O=C(CCCn1cnc2ccccc2c1=O)N1CCCN(Cc2cccs2)CC1. The molecular weight excluding hydrogens is 384 g/mol. The van der Waals surface area contributed by atoms with Gasteiger partial charge in [0.15, 0.2) is 0 Å². The van der Waals surface area contributed by atoms with E-state index in [1.165, 1.54) is 4.88 Å². The van der Waals surface area contributed by atoms with Gasteiger partial charge in [-0.1, -0.05) is 18.2 Å². The van der Waals surface area contributed by atoms with E-state index in [9.17, 15) is 9.59 Å². The summed E-state index contributed by atoms with van der Waals surface area (Å²) in [7, 11) is 0. The Kier molecular flexibility index (Phi) is 6.36. The molecule has 1 fully saturated rings. The molecule has 0 saturated carbocycles. The third kappa shape index (κ3) is 4.92. The lowest BCUT2D eigenvalue weighted by atomic mass is 10.2. The average Bonchev–Trinajstić information content (AvgIpc) is 3.13. The normalized spacial score (nSPS) is 15.5. The van der Waals surface area contributed by atoms with Crippen LogP contribution in [0.4, 0.5) is 0 Å². The predicted molar refractivity (Wildman–Crippen MR) is 116 cm³/mol. The van der Waals surface area contributed by atoms with E-state index in [1.54, 1.807) is 28.3 Å². The summed E-state index contributed by atoms with van der Waals surface area (Å²) in [6.45, 7) is 5.02. The first-order chi connectivity index (χ1) is 14.2. The fourth-order valence-corrected chi connectivity index (χ4v) is 4.57. The zero-order chi connectivity index (χ0) is 20.1. The van der Waals surface area contributed by atoms with Crippen LogP contribution in [0.1, 0.15) is 24.1 Å². The van der Waals surface area contributed by atoms with Crippen LogP contribution in [0, 0.1) is 0 Å². The molecule has 7 heteroatoms. The number of amides is 1. The van der Waals surface area contributed by atoms with Gasteiger partial charge in [0, 0.05) is 50.6 Å². The van der Waals surface area contributed by atoms with Crippen LogP contribution in [0.15, 0.2) is 52.9 Å². The van der Waals surface area contributed by atoms with Crippen molar-refractivity contribution in [1.29, 1.82) is 0 Å². The Morgan fingerprint density at radius 3 is 2.83 bits per heavy atom. The summed E-state index contributed by atoms with van der Waals surface area (Å²) < 4.78 is 1.61. The minimum Gasteiger partial charge on any atom is -0.341 e. The lowest BCUT2D eigenvalue weighted by Gasteiger charge is -2.21. The molecule has 29 heavy (non-hydrogen) atoms. The average molecular weight is 411 g/mol. The third-order valence-corrected chi connectivity index (χ3v) is 6.28. The van der Waals surface area contributed by atoms with E-state index in [1.807, 2.05) is 23.1 Å². The highest BCUT2D eigenvalue weighted by atomic mass is 32.1. The number of carbonyl (C=O) groups is 1. The number of rotatable bonds is 6. The number of thiophene rings is 1. The van der Waals surface area contributed by atoms with E-state index in [-0.39, 0.29) is 11.5 Å². The van der Waals surface area contributed by atoms with Gasteiger partial charge in [0.05, 0.1) is 17.2 Å². The minimum atomic E-state index is -0.0398. The molecule has 1 aliphatic heterocycles. The van der Waals surface area contributed by atoms with Gasteiger partial charge in [0.25, 0.3) is 5.56 Å². The molecule has 1 aliphatic rings. The van der Waals surface area contributed by atoms with Gasteiger partial charge >= 0.3 is 0 Å². The molecule has 0 N–H and O–H groups in total. The Labute approximate surface area is 174 Å². The van der Waals surface area contributed by atoms with Gasteiger partial charge in [-0.3, -0.25) is 19.1 Å². The highest BCUT2D eigenvalue weighted by Crippen LogP contribution is 2.14. The quantitative estimate of drug-likeness (QED) is 0.627. The van der Waals surface area contributed by atoms with Gasteiger partial charge in [-0.05, 0) is 36.4 Å². The highest BCUT2D eigenvalue weighted by Gasteiger charge is 2.19. The number of fused-ring (bicyclic) bond motifs is 1. The molecule has 152 valence electrons. The molecule has 6 nitrogen and oxygen atoms in total. The Morgan fingerprint density at radius 2 is 1.97 bits per heavy atom. The predicted octanol–water partition coefficient (Wildman–Crippen LogP) is 2.97. The zero-order valence-corrected chi connectivity index (χ0v) is 17.3. The van der Waals surface area contributed by atoms with Crippen molar-refractivity contribution in [1.82, 2.24) is 19.4 Å². The number of benzene rings is 1. The number of aryl methyl sites for hydroxylation is 1. The van der Waals surface area contributed by atoms with Crippen molar-refractivity contribution in [2.45, 2.75) is 32.4 Å². The zero-order valence-electron chi connectivity index (χ0n) is 16.5. The van der Waals surface area contributed by atoms with Gasteiger partial charge in [-0.15, -0.1) is 11.3 Å². The Balaban J connectivity index is 1.27. The second-order valence-corrected chi connectivity index (χ2v) is 8.49. The number of aromatic nitrogens is 2. The maximum Gasteiger partial charge on any atom is 0.261 e. The number of carbonyl (C=O) groups excluding carboxylic acids is 1. The first-order valence-corrected chi connectivity index (χ1v) is 11.1.